The molecule has 0 saturated carbocycles. The molecule has 2 heterocycles. The minimum Gasteiger partial charge on any atom is -0.332 e. The second-order valence-corrected chi connectivity index (χ2v) is 7.59. The first-order chi connectivity index (χ1) is 14.6. The SMILES string of the molecule is O=C(CCCCCn1c(=S)[nH]c2ccccc2c1=O)Nc1ccc2ncccc2c1. The normalized spacial score (nSPS) is 11.1. The molecule has 0 aliphatic rings. The molecule has 1 amide bonds. The molecule has 0 aliphatic heterocycles. The lowest BCUT2D eigenvalue weighted by molar-refractivity contribution is -0.116. The fourth-order valence-corrected chi connectivity index (χ4v) is 3.80. The highest BCUT2D eigenvalue weighted by Gasteiger charge is 2.06. The van der Waals surface area contributed by atoms with Gasteiger partial charge < -0.3 is 10.3 Å². The molecule has 7 heteroatoms. The maximum atomic E-state index is 12.6. The van der Waals surface area contributed by atoms with E-state index in [0.29, 0.717) is 23.1 Å². The zero-order valence-corrected chi connectivity index (χ0v) is 17.2. The van der Waals surface area contributed by atoms with Crippen molar-refractivity contribution in [2.24, 2.45) is 0 Å². The lowest BCUT2D eigenvalue weighted by Crippen LogP contribution is -2.22. The van der Waals surface area contributed by atoms with Gasteiger partial charge in [0.1, 0.15) is 0 Å². The highest BCUT2D eigenvalue weighted by Crippen LogP contribution is 2.17. The number of benzene rings is 2. The van der Waals surface area contributed by atoms with Crippen LogP contribution in [0.15, 0.2) is 65.6 Å². The van der Waals surface area contributed by atoms with Gasteiger partial charge in [-0.15, -0.1) is 0 Å². The monoisotopic (exact) mass is 418 g/mol. The number of hydrogen-bond acceptors (Lipinski definition) is 4. The van der Waals surface area contributed by atoms with Crippen molar-refractivity contribution in [3.05, 3.63) is 75.9 Å². The third-order valence-corrected chi connectivity index (χ3v) is 5.38. The number of carbonyl (C=O) groups is 1. The molecule has 2 aromatic carbocycles. The van der Waals surface area contributed by atoms with Gasteiger partial charge in [0, 0.05) is 30.2 Å². The summed E-state index contributed by atoms with van der Waals surface area (Å²) >= 11 is 5.33. The molecule has 0 atom stereocenters. The highest BCUT2D eigenvalue weighted by molar-refractivity contribution is 7.71. The fraction of sp³-hybridized carbons (Fsp3) is 0.217. The molecular formula is C23H22N4O2S. The molecule has 30 heavy (non-hydrogen) atoms. The molecule has 2 aromatic heterocycles. The molecule has 0 unspecified atom stereocenters. The minimum atomic E-state index is -0.0714. The Hall–Kier alpha value is -3.32. The average Bonchev–Trinajstić information content (AvgIpc) is 2.75. The predicted octanol–water partition coefficient (Wildman–Crippen LogP) is 4.81. The second kappa shape index (κ2) is 9.00. The van der Waals surface area contributed by atoms with Crippen LogP contribution in [-0.2, 0) is 11.3 Å². The van der Waals surface area contributed by atoms with Crippen LogP contribution in [0.5, 0.6) is 0 Å². The summed E-state index contributed by atoms with van der Waals surface area (Å²) in [6.45, 7) is 0.540. The molecule has 4 aromatic rings. The van der Waals surface area contributed by atoms with Crippen LogP contribution in [0.25, 0.3) is 21.8 Å². The first-order valence-electron chi connectivity index (χ1n) is 9.98. The van der Waals surface area contributed by atoms with Crippen molar-refractivity contribution in [2.45, 2.75) is 32.2 Å². The van der Waals surface area contributed by atoms with E-state index in [9.17, 15) is 9.59 Å². The van der Waals surface area contributed by atoms with E-state index in [1.54, 1.807) is 16.8 Å². The number of nitrogens with zero attached hydrogens (tertiary/aromatic N) is 2. The molecule has 152 valence electrons. The lowest BCUT2D eigenvalue weighted by atomic mass is 10.1. The first kappa shape index (κ1) is 20.0. The number of aromatic amines is 1. The first-order valence-corrected chi connectivity index (χ1v) is 10.4. The molecule has 4 rings (SSSR count). The van der Waals surface area contributed by atoms with Crippen LogP contribution in [0.1, 0.15) is 25.7 Å². The van der Waals surface area contributed by atoms with Crippen LogP contribution in [0.2, 0.25) is 0 Å². The number of anilines is 1. The van der Waals surface area contributed by atoms with Gasteiger partial charge in [0.15, 0.2) is 4.77 Å². The highest BCUT2D eigenvalue weighted by atomic mass is 32.1. The van der Waals surface area contributed by atoms with Gasteiger partial charge in [-0.3, -0.25) is 19.1 Å². The Morgan fingerprint density at radius 2 is 1.93 bits per heavy atom. The lowest BCUT2D eigenvalue weighted by Gasteiger charge is -2.08. The number of aromatic nitrogens is 3. The summed E-state index contributed by atoms with van der Waals surface area (Å²) in [5.74, 6) is -0.0154. The predicted molar refractivity (Wildman–Crippen MR) is 122 cm³/mol. The second-order valence-electron chi connectivity index (χ2n) is 7.20. The Labute approximate surface area is 178 Å². The van der Waals surface area contributed by atoms with Crippen LogP contribution in [0.4, 0.5) is 5.69 Å². The van der Waals surface area contributed by atoms with Crippen LogP contribution >= 0.6 is 12.2 Å². The Kier molecular flexibility index (Phi) is 5.99. The maximum absolute atomic E-state index is 12.6. The standard InChI is InChI=1S/C23H22N4O2S/c28-21(25-17-11-12-19-16(15-17)7-6-13-24-19)10-2-1-5-14-27-22(29)18-8-3-4-9-20(18)26-23(27)30/h3-4,6-9,11-13,15H,1-2,5,10,14H2,(H,25,28)(H,26,30). The van der Waals surface area contributed by atoms with Crippen molar-refractivity contribution in [3.63, 3.8) is 0 Å². The smallest absolute Gasteiger partial charge is 0.262 e. The quantitative estimate of drug-likeness (QED) is 0.334. The van der Waals surface area contributed by atoms with Crippen molar-refractivity contribution in [2.75, 3.05) is 5.32 Å². The number of carbonyl (C=O) groups excluding carboxylic acids is 1. The number of H-pyrrole nitrogens is 1. The van der Waals surface area contributed by atoms with Gasteiger partial charge in [0.2, 0.25) is 5.91 Å². The van der Waals surface area contributed by atoms with Gasteiger partial charge in [-0.1, -0.05) is 24.6 Å². The Bertz CT molecular complexity index is 1330. The van der Waals surface area contributed by atoms with Crippen LogP contribution < -0.4 is 10.9 Å². The summed E-state index contributed by atoms with van der Waals surface area (Å²) < 4.78 is 2.03. The van der Waals surface area contributed by atoms with E-state index < -0.39 is 0 Å². The number of para-hydroxylation sites is 1. The zero-order chi connectivity index (χ0) is 20.9. The summed E-state index contributed by atoms with van der Waals surface area (Å²) in [6, 6.07) is 16.9. The molecule has 0 aliphatic carbocycles. The van der Waals surface area contributed by atoms with E-state index >= 15 is 0 Å². The van der Waals surface area contributed by atoms with Crippen LogP contribution in [0, 0.1) is 4.77 Å². The Morgan fingerprint density at radius 1 is 1.07 bits per heavy atom. The van der Waals surface area contributed by atoms with Gasteiger partial charge >= 0.3 is 0 Å². The molecule has 2 N–H and O–H groups in total. The number of hydrogen-bond donors (Lipinski definition) is 2. The number of rotatable bonds is 7. The third kappa shape index (κ3) is 4.46. The summed E-state index contributed by atoms with van der Waals surface area (Å²) in [5.41, 5.74) is 2.36. The van der Waals surface area contributed by atoms with Crippen LogP contribution in [0.3, 0.4) is 0 Å². The molecule has 0 spiro atoms. The number of fused-ring (bicyclic) bond motifs is 2. The summed E-state index contributed by atoms with van der Waals surface area (Å²) in [7, 11) is 0. The zero-order valence-electron chi connectivity index (χ0n) is 16.4. The van der Waals surface area contributed by atoms with Crippen molar-refractivity contribution >= 4 is 45.6 Å². The van der Waals surface area contributed by atoms with E-state index in [2.05, 4.69) is 15.3 Å². The summed E-state index contributed by atoms with van der Waals surface area (Å²) in [5, 5.41) is 4.57. The van der Waals surface area contributed by atoms with E-state index in [-0.39, 0.29) is 11.5 Å². The van der Waals surface area contributed by atoms with Crippen molar-refractivity contribution in [1.82, 2.24) is 14.5 Å². The van der Waals surface area contributed by atoms with Gasteiger partial charge in [-0.25, -0.2) is 0 Å². The van der Waals surface area contributed by atoms with Gasteiger partial charge in [0.05, 0.1) is 16.4 Å². The van der Waals surface area contributed by atoms with E-state index in [1.165, 1.54) is 0 Å². The van der Waals surface area contributed by atoms with Crippen molar-refractivity contribution in [3.8, 4) is 0 Å². The number of amides is 1. The maximum Gasteiger partial charge on any atom is 0.262 e. The van der Waals surface area contributed by atoms with Crippen molar-refractivity contribution in [1.29, 1.82) is 0 Å². The number of nitrogens with one attached hydrogen (secondary N) is 2. The molecule has 0 bridgehead atoms. The molecule has 6 nitrogen and oxygen atoms in total. The molecule has 0 fully saturated rings. The Balaban J connectivity index is 1.28. The summed E-state index contributed by atoms with van der Waals surface area (Å²) in [4.78, 5) is 32.2. The fourth-order valence-electron chi connectivity index (χ4n) is 3.51. The van der Waals surface area contributed by atoms with Crippen LogP contribution in [-0.4, -0.2) is 20.4 Å². The van der Waals surface area contributed by atoms with Crippen molar-refractivity contribution < 1.29 is 4.79 Å². The van der Waals surface area contributed by atoms with Gasteiger partial charge in [-0.2, -0.15) is 0 Å². The largest absolute Gasteiger partial charge is 0.332 e. The molecule has 0 saturated heterocycles. The topological polar surface area (TPSA) is 79.8 Å². The third-order valence-electron chi connectivity index (χ3n) is 5.06. The molecule has 0 radical (unpaired) electrons. The minimum absolute atomic E-state index is 0.0154. The summed E-state index contributed by atoms with van der Waals surface area (Å²) in [6.07, 6.45) is 4.55. The van der Waals surface area contributed by atoms with Gasteiger partial charge in [0.25, 0.3) is 5.56 Å². The Morgan fingerprint density at radius 3 is 2.83 bits per heavy atom. The number of unbranched alkanes of at least 4 members (excludes halogenated alkanes) is 2. The van der Waals surface area contributed by atoms with Gasteiger partial charge in [-0.05, 0) is 61.5 Å². The van der Waals surface area contributed by atoms with E-state index in [1.807, 2.05) is 48.5 Å². The average molecular weight is 419 g/mol. The molecular weight excluding hydrogens is 396 g/mol. The number of pyridine rings is 1. The van der Waals surface area contributed by atoms with E-state index in [0.717, 1.165) is 41.4 Å². The van der Waals surface area contributed by atoms with E-state index in [4.69, 9.17) is 12.2 Å².